The van der Waals surface area contributed by atoms with Gasteiger partial charge in [0.2, 0.25) is 0 Å². The van der Waals surface area contributed by atoms with Crippen LogP contribution in [0.5, 0.6) is 0 Å². The van der Waals surface area contributed by atoms with Crippen LogP contribution in [0.4, 0.5) is 0 Å². The summed E-state index contributed by atoms with van der Waals surface area (Å²) in [4.78, 5) is 0. The average Bonchev–Trinajstić information content (AvgIpc) is 2.83. The van der Waals surface area contributed by atoms with Crippen molar-refractivity contribution in [3.63, 3.8) is 0 Å². The Kier molecular flexibility index (Phi) is 2.88. The average molecular weight is 271 g/mol. The number of hydrogen-bond donors (Lipinski definition) is 1. The van der Waals surface area contributed by atoms with Gasteiger partial charge in [-0.15, -0.1) is 5.10 Å². The summed E-state index contributed by atoms with van der Waals surface area (Å²) >= 11 is 3.38. The second-order valence-corrected chi connectivity index (χ2v) is 3.92. The van der Waals surface area contributed by atoms with Crippen molar-refractivity contribution in [1.29, 1.82) is 0 Å². The van der Waals surface area contributed by atoms with E-state index < -0.39 is 0 Å². The number of nitrogens with zero attached hydrogens (tertiary/aromatic N) is 3. The topological polar surface area (TPSA) is 55.9 Å². The van der Waals surface area contributed by atoms with E-state index in [1.165, 1.54) is 0 Å². The highest BCUT2D eigenvalue weighted by molar-refractivity contribution is 9.10. The highest BCUT2D eigenvalue weighted by atomic mass is 79.9. The van der Waals surface area contributed by atoms with Crippen LogP contribution >= 0.6 is 15.9 Å². The number of aromatic nitrogens is 3. The van der Waals surface area contributed by atoms with Gasteiger partial charge in [0.05, 0.1) is 24.3 Å². The molecule has 0 aliphatic rings. The minimum atomic E-state index is 0.0260. The van der Waals surface area contributed by atoms with Crippen molar-refractivity contribution in [3.05, 3.63) is 34.5 Å². The molecule has 2 heterocycles. The van der Waals surface area contributed by atoms with Gasteiger partial charge >= 0.3 is 0 Å². The lowest BCUT2D eigenvalue weighted by molar-refractivity contribution is 0.549. The molecule has 0 saturated carbocycles. The Morgan fingerprint density at radius 3 is 2.87 bits per heavy atom. The van der Waals surface area contributed by atoms with Crippen molar-refractivity contribution in [1.82, 2.24) is 20.3 Å². The molecule has 0 amide bonds. The lowest BCUT2D eigenvalue weighted by Gasteiger charge is -2.14. The molecule has 80 valence electrons. The van der Waals surface area contributed by atoms with E-state index in [1.807, 2.05) is 20.2 Å². The van der Waals surface area contributed by atoms with Crippen LogP contribution in [0.1, 0.15) is 17.3 Å². The lowest BCUT2D eigenvalue weighted by Crippen LogP contribution is -2.20. The van der Waals surface area contributed by atoms with Crippen LogP contribution in [0.25, 0.3) is 0 Å². The van der Waals surface area contributed by atoms with Gasteiger partial charge in [0.15, 0.2) is 4.60 Å². The molecular formula is C9H11BrN4O. The van der Waals surface area contributed by atoms with E-state index >= 15 is 0 Å². The molecule has 0 aliphatic heterocycles. The normalized spacial score (nSPS) is 13.0. The van der Waals surface area contributed by atoms with Gasteiger partial charge in [0.25, 0.3) is 0 Å². The molecule has 0 aromatic carbocycles. The van der Waals surface area contributed by atoms with Crippen molar-refractivity contribution < 1.29 is 4.42 Å². The Balaban J connectivity index is 2.44. The SMILES string of the molecule is CNC(c1ccoc1)c1c(Br)nnn1C. The Hall–Kier alpha value is -1.14. The van der Waals surface area contributed by atoms with Gasteiger partial charge in [-0.1, -0.05) is 5.21 Å². The molecule has 0 spiro atoms. The molecule has 2 rings (SSSR count). The Morgan fingerprint density at radius 1 is 1.60 bits per heavy atom. The fourth-order valence-corrected chi connectivity index (χ4v) is 2.10. The molecule has 0 saturated heterocycles. The van der Waals surface area contributed by atoms with E-state index in [9.17, 15) is 0 Å². The molecule has 6 heteroatoms. The summed E-state index contributed by atoms with van der Waals surface area (Å²) < 4.78 is 7.55. The predicted octanol–water partition coefficient (Wildman–Crippen LogP) is 1.48. The van der Waals surface area contributed by atoms with Crippen molar-refractivity contribution in [2.24, 2.45) is 7.05 Å². The maximum atomic E-state index is 5.07. The first-order valence-corrected chi connectivity index (χ1v) is 5.27. The second kappa shape index (κ2) is 4.16. The Morgan fingerprint density at radius 2 is 2.40 bits per heavy atom. The van der Waals surface area contributed by atoms with E-state index in [0.29, 0.717) is 0 Å². The molecule has 2 aromatic rings. The maximum Gasteiger partial charge on any atom is 0.153 e. The summed E-state index contributed by atoms with van der Waals surface area (Å²) in [6.45, 7) is 0. The highest BCUT2D eigenvalue weighted by Gasteiger charge is 2.20. The van der Waals surface area contributed by atoms with Gasteiger partial charge in [-0.05, 0) is 29.0 Å². The second-order valence-electron chi connectivity index (χ2n) is 3.17. The van der Waals surface area contributed by atoms with Crippen LogP contribution < -0.4 is 5.32 Å². The van der Waals surface area contributed by atoms with Crippen LogP contribution in [-0.2, 0) is 7.05 Å². The number of aryl methyl sites for hydroxylation is 1. The fourth-order valence-electron chi connectivity index (χ4n) is 1.55. The maximum absolute atomic E-state index is 5.07. The number of nitrogens with one attached hydrogen (secondary N) is 1. The summed E-state index contributed by atoms with van der Waals surface area (Å²) in [5.41, 5.74) is 2.02. The smallest absolute Gasteiger partial charge is 0.153 e. The molecule has 0 bridgehead atoms. The molecule has 0 fully saturated rings. The van der Waals surface area contributed by atoms with Crippen molar-refractivity contribution in [2.75, 3.05) is 7.05 Å². The number of rotatable bonds is 3. The lowest BCUT2D eigenvalue weighted by atomic mass is 10.1. The summed E-state index contributed by atoms with van der Waals surface area (Å²) in [5.74, 6) is 0. The summed E-state index contributed by atoms with van der Waals surface area (Å²) in [6, 6.07) is 1.94. The molecule has 0 aliphatic carbocycles. The zero-order valence-electron chi connectivity index (χ0n) is 8.44. The van der Waals surface area contributed by atoms with Gasteiger partial charge in [-0.3, -0.25) is 0 Å². The van der Waals surface area contributed by atoms with Crippen LogP contribution in [0, 0.1) is 0 Å². The minimum absolute atomic E-state index is 0.0260. The van der Waals surface area contributed by atoms with Crippen molar-refractivity contribution in [3.8, 4) is 0 Å². The third-order valence-corrected chi connectivity index (χ3v) is 2.83. The zero-order valence-corrected chi connectivity index (χ0v) is 10.0. The summed E-state index contributed by atoms with van der Waals surface area (Å²) in [7, 11) is 3.74. The molecule has 1 unspecified atom stereocenters. The van der Waals surface area contributed by atoms with E-state index in [0.717, 1.165) is 15.9 Å². The van der Waals surface area contributed by atoms with Gasteiger partial charge < -0.3 is 9.73 Å². The van der Waals surface area contributed by atoms with Crippen LogP contribution in [-0.4, -0.2) is 22.0 Å². The molecule has 0 radical (unpaired) electrons. The van der Waals surface area contributed by atoms with Gasteiger partial charge in [0.1, 0.15) is 0 Å². The zero-order chi connectivity index (χ0) is 10.8. The van der Waals surface area contributed by atoms with E-state index in [1.54, 1.807) is 17.2 Å². The molecule has 15 heavy (non-hydrogen) atoms. The first-order chi connectivity index (χ1) is 7.24. The van der Waals surface area contributed by atoms with Crippen molar-refractivity contribution in [2.45, 2.75) is 6.04 Å². The van der Waals surface area contributed by atoms with E-state index in [2.05, 4.69) is 31.6 Å². The van der Waals surface area contributed by atoms with Crippen LogP contribution in [0.2, 0.25) is 0 Å². The molecular weight excluding hydrogens is 260 g/mol. The monoisotopic (exact) mass is 270 g/mol. The highest BCUT2D eigenvalue weighted by Crippen LogP contribution is 2.26. The van der Waals surface area contributed by atoms with Gasteiger partial charge in [0, 0.05) is 12.6 Å². The van der Waals surface area contributed by atoms with Crippen LogP contribution in [0.3, 0.4) is 0 Å². The quantitative estimate of drug-likeness (QED) is 0.918. The number of furan rings is 1. The molecule has 5 nitrogen and oxygen atoms in total. The summed E-state index contributed by atoms with van der Waals surface area (Å²) in [5, 5.41) is 11.1. The first-order valence-electron chi connectivity index (χ1n) is 4.48. The fraction of sp³-hybridized carbons (Fsp3) is 0.333. The van der Waals surface area contributed by atoms with E-state index in [-0.39, 0.29) is 6.04 Å². The number of halogens is 1. The van der Waals surface area contributed by atoms with Crippen molar-refractivity contribution >= 4 is 15.9 Å². The molecule has 1 N–H and O–H groups in total. The summed E-state index contributed by atoms with van der Waals surface area (Å²) in [6.07, 6.45) is 3.36. The van der Waals surface area contributed by atoms with E-state index in [4.69, 9.17) is 4.42 Å². The molecule has 1 atom stereocenters. The predicted molar refractivity (Wildman–Crippen MR) is 58.3 cm³/mol. The van der Waals surface area contributed by atoms with Crippen LogP contribution in [0.15, 0.2) is 27.6 Å². The minimum Gasteiger partial charge on any atom is -0.472 e. The Labute approximate surface area is 95.6 Å². The van der Waals surface area contributed by atoms with Gasteiger partial charge in [-0.2, -0.15) is 0 Å². The third kappa shape index (κ3) is 1.82. The first kappa shape index (κ1) is 10.4. The molecule has 2 aromatic heterocycles. The number of hydrogen-bond acceptors (Lipinski definition) is 4. The Bertz CT molecular complexity index is 417. The standard InChI is InChI=1S/C9H11BrN4O/c1-11-7(6-3-4-15-5-6)8-9(10)12-13-14(8)2/h3-5,7,11H,1-2H3. The van der Waals surface area contributed by atoms with Gasteiger partial charge in [-0.25, -0.2) is 4.68 Å². The largest absolute Gasteiger partial charge is 0.472 e. The third-order valence-electron chi connectivity index (χ3n) is 2.27.